The van der Waals surface area contributed by atoms with Crippen molar-refractivity contribution in [2.75, 3.05) is 31.1 Å². The summed E-state index contributed by atoms with van der Waals surface area (Å²) in [5.41, 5.74) is 2.66. The zero-order valence-corrected chi connectivity index (χ0v) is 20.1. The summed E-state index contributed by atoms with van der Waals surface area (Å²) in [5.74, 6) is -0.504. The Morgan fingerprint density at radius 2 is 1.83 bits per heavy atom. The van der Waals surface area contributed by atoms with Crippen LogP contribution in [0.15, 0.2) is 65.8 Å². The summed E-state index contributed by atoms with van der Waals surface area (Å²) in [6.45, 7) is 1.04. The molecule has 36 heavy (non-hydrogen) atoms. The standard InChI is InChI=1S/C26H23FN4O4S/c27-21-2-1-3-22(14-21)36(33,34)30-10-8-20(9-11-30)26(32)31-12-13-35-25-23(16-29-17-24(25)31)19-6-4-18(15-28)5-7-19/h1-7,14,16-17,20H,8-13H2. The average molecular weight is 507 g/mol. The summed E-state index contributed by atoms with van der Waals surface area (Å²) >= 11 is 0. The normalized spacial score (nSPS) is 16.6. The second kappa shape index (κ2) is 9.68. The second-order valence-corrected chi connectivity index (χ2v) is 10.6. The zero-order chi connectivity index (χ0) is 25.3. The first-order valence-electron chi connectivity index (χ1n) is 11.6. The van der Waals surface area contributed by atoms with E-state index in [-0.39, 0.29) is 29.8 Å². The van der Waals surface area contributed by atoms with Gasteiger partial charge in [-0.2, -0.15) is 9.57 Å². The smallest absolute Gasteiger partial charge is 0.243 e. The Labute approximate surface area is 208 Å². The lowest BCUT2D eigenvalue weighted by molar-refractivity contribution is -0.123. The molecule has 2 aromatic carbocycles. The number of halogens is 1. The average Bonchev–Trinajstić information content (AvgIpc) is 2.92. The van der Waals surface area contributed by atoms with Crippen molar-refractivity contribution in [3.8, 4) is 22.9 Å². The van der Waals surface area contributed by atoms with Gasteiger partial charge in [0, 0.05) is 30.8 Å². The number of rotatable bonds is 4. The first-order chi connectivity index (χ1) is 17.4. The fraction of sp³-hybridized carbons (Fsp3) is 0.269. The van der Waals surface area contributed by atoms with Crippen molar-refractivity contribution in [1.29, 1.82) is 5.26 Å². The molecule has 0 N–H and O–H groups in total. The number of benzene rings is 2. The molecule has 10 heteroatoms. The molecule has 8 nitrogen and oxygen atoms in total. The van der Waals surface area contributed by atoms with Crippen molar-refractivity contribution in [2.24, 2.45) is 5.92 Å². The van der Waals surface area contributed by atoms with Gasteiger partial charge in [0.05, 0.1) is 29.3 Å². The van der Waals surface area contributed by atoms with Gasteiger partial charge >= 0.3 is 0 Å². The molecule has 0 atom stereocenters. The fourth-order valence-electron chi connectivity index (χ4n) is 4.64. The van der Waals surface area contributed by atoms with E-state index in [4.69, 9.17) is 10.00 Å². The van der Waals surface area contributed by atoms with Crippen LogP contribution in [0.2, 0.25) is 0 Å². The zero-order valence-electron chi connectivity index (χ0n) is 19.3. The molecule has 1 saturated heterocycles. The van der Waals surface area contributed by atoms with Crippen LogP contribution >= 0.6 is 0 Å². The van der Waals surface area contributed by atoms with Gasteiger partial charge in [-0.15, -0.1) is 0 Å². The van der Waals surface area contributed by atoms with Crippen LogP contribution in [0.5, 0.6) is 5.75 Å². The number of pyridine rings is 1. The number of hydrogen-bond donors (Lipinski definition) is 0. The molecule has 1 aromatic heterocycles. The van der Waals surface area contributed by atoms with Gasteiger partial charge in [0.1, 0.15) is 18.1 Å². The maximum atomic E-state index is 13.6. The Morgan fingerprint density at radius 3 is 2.53 bits per heavy atom. The molecule has 0 saturated carbocycles. The van der Waals surface area contributed by atoms with Gasteiger partial charge in [0.15, 0.2) is 5.75 Å². The Kier molecular flexibility index (Phi) is 6.43. The third-order valence-corrected chi connectivity index (χ3v) is 8.45. The van der Waals surface area contributed by atoms with Crippen LogP contribution in [0.3, 0.4) is 0 Å². The van der Waals surface area contributed by atoms with Crippen LogP contribution < -0.4 is 9.64 Å². The van der Waals surface area contributed by atoms with Crippen LogP contribution in [0.25, 0.3) is 11.1 Å². The summed E-state index contributed by atoms with van der Waals surface area (Å²) in [6, 6.07) is 14.1. The summed E-state index contributed by atoms with van der Waals surface area (Å²) in [4.78, 5) is 19.4. The summed E-state index contributed by atoms with van der Waals surface area (Å²) < 4.78 is 46.6. The number of hydrogen-bond acceptors (Lipinski definition) is 6. The number of carbonyl (C=O) groups is 1. The largest absolute Gasteiger partial charge is 0.489 e. The number of ether oxygens (including phenoxy) is 1. The van der Waals surface area contributed by atoms with Crippen molar-refractivity contribution in [3.63, 3.8) is 0 Å². The van der Waals surface area contributed by atoms with Crippen molar-refractivity contribution in [3.05, 3.63) is 72.3 Å². The summed E-state index contributed by atoms with van der Waals surface area (Å²) in [6.07, 6.45) is 4.00. The number of fused-ring (bicyclic) bond motifs is 1. The third-order valence-electron chi connectivity index (χ3n) is 6.56. The minimum Gasteiger partial charge on any atom is -0.489 e. The summed E-state index contributed by atoms with van der Waals surface area (Å²) in [5, 5.41) is 9.06. The van der Waals surface area contributed by atoms with Crippen LogP contribution in [0, 0.1) is 23.1 Å². The van der Waals surface area contributed by atoms with Crippen molar-refractivity contribution < 1.29 is 22.3 Å². The number of nitriles is 1. The fourth-order valence-corrected chi connectivity index (χ4v) is 6.14. The Hall–Kier alpha value is -3.81. The Morgan fingerprint density at radius 1 is 1.08 bits per heavy atom. The highest BCUT2D eigenvalue weighted by Crippen LogP contribution is 2.41. The van der Waals surface area contributed by atoms with Crippen LogP contribution in [-0.2, 0) is 14.8 Å². The van der Waals surface area contributed by atoms with E-state index in [1.807, 2.05) is 12.1 Å². The topological polar surface area (TPSA) is 104 Å². The third kappa shape index (κ3) is 4.43. The molecule has 3 heterocycles. The van der Waals surface area contributed by atoms with Crippen molar-refractivity contribution in [2.45, 2.75) is 17.7 Å². The van der Waals surface area contributed by atoms with Gasteiger partial charge < -0.3 is 9.64 Å². The van der Waals surface area contributed by atoms with Crippen LogP contribution in [-0.4, -0.2) is 49.9 Å². The van der Waals surface area contributed by atoms with E-state index in [0.29, 0.717) is 43.0 Å². The first kappa shape index (κ1) is 23.9. The van der Waals surface area contributed by atoms with Gasteiger partial charge in [-0.25, -0.2) is 12.8 Å². The molecular formula is C26H23FN4O4S. The maximum absolute atomic E-state index is 13.6. The van der Waals surface area contributed by atoms with Crippen molar-refractivity contribution in [1.82, 2.24) is 9.29 Å². The number of aromatic nitrogens is 1. The molecule has 0 aliphatic carbocycles. The molecule has 5 rings (SSSR count). The highest BCUT2D eigenvalue weighted by Gasteiger charge is 2.36. The molecule has 2 aliphatic heterocycles. The maximum Gasteiger partial charge on any atom is 0.243 e. The number of anilines is 1. The first-order valence-corrected chi connectivity index (χ1v) is 13.0. The number of piperidine rings is 1. The van der Waals surface area contributed by atoms with E-state index in [0.717, 1.165) is 17.2 Å². The lowest BCUT2D eigenvalue weighted by atomic mass is 9.95. The summed E-state index contributed by atoms with van der Waals surface area (Å²) in [7, 11) is -3.83. The molecular weight excluding hydrogens is 483 g/mol. The van der Waals surface area contributed by atoms with Gasteiger partial charge in [0.25, 0.3) is 0 Å². The van der Waals surface area contributed by atoms with Gasteiger partial charge in [-0.3, -0.25) is 9.78 Å². The van der Waals surface area contributed by atoms with Gasteiger partial charge in [-0.05, 0) is 48.7 Å². The van der Waals surface area contributed by atoms with E-state index in [1.165, 1.54) is 22.5 Å². The van der Waals surface area contributed by atoms with E-state index in [2.05, 4.69) is 11.1 Å². The number of nitrogens with zero attached hydrogens (tertiary/aromatic N) is 4. The molecule has 0 radical (unpaired) electrons. The minimum atomic E-state index is -3.83. The molecule has 3 aromatic rings. The molecule has 0 bridgehead atoms. The Bertz CT molecular complexity index is 1450. The van der Waals surface area contributed by atoms with E-state index >= 15 is 0 Å². The quantitative estimate of drug-likeness (QED) is 0.536. The van der Waals surface area contributed by atoms with E-state index < -0.39 is 15.8 Å². The minimum absolute atomic E-state index is 0.0872. The van der Waals surface area contributed by atoms with E-state index in [1.54, 1.807) is 29.4 Å². The van der Waals surface area contributed by atoms with Crippen LogP contribution in [0.1, 0.15) is 18.4 Å². The second-order valence-electron chi connectivity index (χ2n) is 8.70. The lowest BCUT2D eigenvalue weighted by Crippen LogP contribution is -2.46. The SMILES string of the molecule is N#Cc1ccc(-c2cncc3c2OCCN3C(=O)C2CCN(S(=O)(=O)c3cccc(F)c3)CC2)cc1. The predicted octanol–water partition coefficient (Wildman–Crippen LogP) is 3.59. The highest BCUT2D eigenvalue weighted by molar-refractivity contribution is 7.89. The number of amides is 1. The number of sulfonamides is 1. The molecule has 0 unspecified atom stereocenters. The molecule has 0 spiro atoms. The predicted molar refractivity (Wildman–Crippen MR) is 130 cm³/mol. The number of carbonyl (C=O) groups excluding carboxylic acids is 1. The molecule has 1 amide bonds. The molecule has 2 aliphatic rings. The Balaban J connectivity index is 1.33. The van der Waals surface area contributed by atoms with Gasteiger partial charge in [0.2, 0.25) is 15.9 Å². The molecule has 184 valence electrons. The highest BCUT2D eigenvalue weighted by atomic mass is 32.2. The lowest BCUT2D eigenvalue weighted by Gasteiger charge is -2.36. The monoisotopic (exact) mass is 506 g/mol. The van der Waals surface area contributed by atoms with E-state index in [9.17, 15) is 17.6 Å². The van der Waals surface area contributed by atoms with Gasteiger partial charge in [-0.1, -0.05) is 18.2 Å². The molecule has 1 fully saturated rings. The van der Waals surface area contributed by atoms with Crippen LogP contribution in [0.4, 0.5) is 10.1 Å². The van der Waals surface area contributed by atoms with Crippen molar-refractivity contribution >= 4 is 21.6 Å².